The van der Waals surface area contributed by atoms with E-state index in [0.29, 0.717) is 0 Å². The van der Waals surface area contributed by atoms with Crippen molar-refractivity contribution in [2.45, 2.75) is 25.1 Å². The summed E-state index contributed by atoms with van der Waals surface area (Å²) in [6, 6.07) is 5.80. The van der Waals surface area contributed by atoms with E-state index in [1.165, 1.54) is 29.3 Å². The predicted molar refractivity (Wildman–Crippen MR) is 80.3 cm³/mol. The quantitative estimate of drug-likeness (QED) is 0.896. The van der Waals surface area contributed by atoms with Crippen LogP contribution in [-0.4, -0.2) is 44.3 Å². The first-order valence-corrected chi connectivity index (χ1v) is 7.52. The fourth-order valence-electron chi connectivity index (χ4n) is 2.45. The summed E-state index contributed by atoms with van der Waals surface area (Å²) in [6.07, 6.45) is -1.65. The lowest BCUT2D eigenvalue weighted by molar-refractivity contribution is -0.138. The lowest BCUT2D eigenvalue weighted by Crippen LogP contribution is -2.37. The van der Waals surface area contributed by atoms with Crippen molar-refractivity contribution in [2.24, 2.45) is 0 Å². The third-order valence-corrected chi connectivity index (χ3v) is 3.80. The van der Waals surface area contributed by atoms with Gasteiger partial charge in [-0.15, -0.1) is 0 Å². The molecule has 1 aliphatic rings. The Bertz CT molecular complexity index is 812. The molecule has 1 amide bonds. The molecule has 0 saturated heterocycles. The van der Waals surface area contributed by atoms with Gasteiger partial charge < -0.3 is 10.0 Å². The highest BCUT2D eigenvalue weighted by Crippen LogP contribution is 2.30. The van der Waals surface area contributed by atoms with Crippen LogP contribution < -0.4 is 0 Å². The van der Waals surface area contributed by atoms with E-state index in [9.17, 15) is 22.8 Å². The minimum absolute atomic E-state index is 0.00874. The average Bonchev–Trinajstić information content (AvgIpc) is 3.27. The van der Waals surface area contributed by atoms with Gasteiger partial charge in [-0.3, -0.25) is 9.59 Å². The van der Waals surface area contributed by atoms with Gasteiger partial charge in [0.25, 0.3) is 5.91 Å². The third kappa shape index (κ3) is 3.81. The first-order valence-electron chi connectivity index (χ1n) is 7.52. The zero-order valence-corrected chi connectivity index (χ0v) is 12.9. The van der Waals surface area contributed by atoms with E-state index in [-0.39, 0.29) is 17.4 Å². The summed E-state index contributed by atoms with van der Waals surface area (Å²) in [6.45, 7) is -0.431. The fraction of sp³-hybridized carbons (Fsp3) is 0.312. The van der Waals surface area contributed by atoms with Crippen molar-refractivity contribution >= 4 is 11.9 Å². The van der Waals surface area contributed by atoms with Crippen molar-refractivity contribution in [3.05, 3.63) is 47.8 Å². The molecule has 1 N–H and O–H groups in total. The Hall–Kier alpha value is -2.84. The van der Waals surface area contributed by atoms with Crippen LogP contribution in [0.3, 0.4) is 0 Å². The largest absolute Gasteiger partial charge is 0.480 e. The van der Waals surface area contributed by atoms with E-state index in [1.807, 2.05) is 0 Å². The number of carboxylic acid groups (broad SMARTS) is 1. The summed E-state index contributed by atoms with van der Waals surface area (Å²) in [4.78, 5) is 24.6. The number of hydrogen-bond donors (Lipinski definition) is 1. The molecule has 1 aromatic heterocycles. The molecule has 1 aromatic carbocycles. The van der Waals surface area contributed by atoms with E-state index in [4.69, 9.17) is 5.11 Å². The zero-order chi connectivity index (χ0) is 18.2. The molecule has 0 radical (unpaired) electrons. The van der Waals surface area contributed by atoms with Crippen LogP contribution in [0.5, 0.6) is 0 Å². The molecule has 9 heteroatoms. The van der Waals surface area contributed by atoms with Crippen molar-refractivity contribution in [3.63, 3.8) is 0 Å². The Kier molecular flexibility index (Phi) is 4.23. The minimum atomic E-state index is -4.48. The highest BCUT2D eigenvalue weighted by atomic mass is 19.4. The van der Waals surface area contributed by atoms with Crippen molar-refractivity contribution in [1.82, 2.24) is 14.7 Å². The van der Waals surface area contributed by atoms with Crippen LogP contribution in [0.1, 0.15) is 28.9 Å². The van der Waals surface area contributed by atoms with E-state index in [2.05, 4.69) is 5.10 Å². The summed E-state index contributed by atoms with van der Waals surface area (Å²) in [7, 11) is 0. The summed E-state index contributed by atoms with van der Waals surface area (Å²) < 4.78 is 39.5. The second kappa shape index (κ2) is 6.23. The van der Waals surface area contributed by atoms with E-state index in [0.717, 1.165) is 29.7 Å². The van der Waals surface area contributed by atoms with Crippen molar-refractivity contribution in [1.29, 1.82) is 0 Å². The van der Waals surface area contributed by atoms with Gasteiger partial charge in [0.15, 0.2) is 5.69 Å². The molecular weight excluding hydrogens is 339 g/mol. The number of carbonyl (C=O) groups is 2. The Labute approximate surface area is 140 Å². The Balaban J connectivity index is 1.85. The molecule has 0 atom stereocenters. The topological polar surface area (TPSA) is 75.4 Å². The van der Waals surface area contributed by atoms with Gasteiger partial charge in [0.05, 0.1) is 11.3 Å². The standard InChI is InChI=1S/C16H14F3N3O3/c17-16(18,19)10-2-1-3-12(8-10)22-7-6-13(20-22)15(25)21(9-14(23)24)11-4-5-11/h1-3,6-8,11H,4-5,9H2,(H,23,24). The maximum absolute atomic E-state index is 12.8. The number of hydrogen-bond acceptors (Lipinski definition) is 3. The highest BCUT2D eigenvalue weighted by Gasteiger charge is 2.35. The number of nitrogens with zero attached hydrogens (tertiary/aromatic N) is 3. The number of halogens is 3. The van der Waals surface area contributed by atoms with Gasteiger partial charge in [0.1, 0.15) is 6.54 Å². The van der Waals surface area contributed by atoms with E-state index in [1.54, 1.807) is 0 Å². The molecule has 132 valence electrons. The smallest absolute Gasteiger partial charge is 0.416 e. The first kappa shape index (κ1) is 17.0. The maximum Gasteiger partial charge on any atom is 0.416 e. The Morgan fingerprint density at radius 2 is 2.00 bits per heavy atom. The fourth-order valence-corrected chi connectivity index (χ4v) is 2.45. The van der Waals surface area contributed by atoms with Crippen LogP contribution in [0.4, 0.5) is 13.2 Å². The Morgan fingerprint density at radius 1 is 1.28 bits per heavy atom. The molecule has 0 spiro atoms. The number of carboxylic acids is 1. The minimum Gasteiger partial charge on any atom is -0.480 e. The molecule has 6 nitrogen and oxygen atoms in total. The SMILES string of the molecule is O=C(O)CN(C(=O)c1ccn(-c2cccc(C(F)(F)F)c2)n1)C1CC1. The summed E-state index contributed by atoms with van der Waals surface area (Å²) >= 11 is 0. The lowest BCUT2D eigenvalue weighted by atomic mass is 10.2. The van der Waals surface area contributed by atoms with E-state index < -0.39 is 30.2 Å². The summed E-state index contributed by atoms with van der Waals surface area (Å²) in [5.41, 5.74) is -0.672. The van der Waals surface area contributed by atoms with Crippen LogP contribution in [-0.2, 0) is 11.0 Å². The zero-order valence-electron chi connectivity index (χ0n) is 12.9. The molecule has 0 unspecified atom stereocenters. The first-order chi connectivity index (χ1) is 11.8. The molecule has 1 fully saturated rings. The van der Waals surface area contributed by atoms with Gasteiger partial charge in [-0.2, -0.15) is 18.3 Å². The van der Waals surface area contributed by atoms with Crippen LogP contribution in [0.2, 0.25) is 0 Å². The predicted octanol–water partition coefficient (Wildman–Crippen LogP) is 2.58. The molecule has 1 aliphatic carbocycles. The van der Waals surface area contributed by atoms with Gasteiger partial charge in [0.2, 0.25) is 0 Å². The number of rotatable bonds is 5. The van der Waals surface area contributed by atoms with Gasteiger partial charge in [-0.05, 0) is 37.1 Å². The summed E-state index contributed by atoms with van der Waals surface area (Å²) in [5, 5.41) is 12.9. The van der Waals surface area contributed by atoms with Crippen molar-refractivity contribution < 1.29 is 27.9 Å². The molecular formula is C16H14F3N3O3. The molecule has 1 heterocycles. The van der Waals surface area contributed by atoms with Gasteiger partial charge in [0, 0.05) is 12.2 Å². The number of aromatic nitrogens is 2. The summed E-state index contributed by atoms with van der Waals surface area (Å²) in [5.74, 6) is -1.67. The van der Waals surface area contributed by atoms with Crippen LogP contribution in [0, 0.1) is 0 Å². The van der Waals surface area contributed by atoms with Gasteiger partial charge in [-0.25, -0.2) is 4.68 Å². The van der Waals surface area contributed by atoms with Crippen molar-refractivity contribution in [3.8, 4) is 5.69 Å². The number of aliphatic carboxylic acids is 1. The van der Waals surface area contributed by atoms with E-state index >= 15 is 0 Å². The van der Waals surface area contributed by atoms with Crippen molar-refractivity contribution in [2.75, 3.05) is 6.54 Å². The molecule has 0 bridgehead atoms. The second-order valence-corrected chi connectivity index (χ2v) is 5.75. The van der Waals surface area contributed by atoms with Crippen LogP contribution in [0.15, 0.2) is 36.5 Å². The van der Waals surface area contributed by atoms with Crippen LogP contribution in [0.25, 0.3) is 5.69 Å². The normalized spacial score (nSPS) is 14.4. The Morgan fingerprint density at radius 3 is 2.60 bits per heavy atom. The number of amides is 1. The molecule has 2 aromatic rings. The average molecular weight is 353 g/mol. The van der Waals surface area contributed by atoms with Gasteiger partial charge in [-0.1, -0.05) is 6.07 Å². The number of alkyl halides is 3. The number of carbonyl (C=O) groups excluding carboxylic acids is 1. The van der Waals surface area contributed by atoms with Crippen LogP contribution >= 0.6 is 0 Å². The maximum atomic E-state index is 12.8. The second-order valence-electron chi connectivity index (χ2n) is 5.75. The van der Waals surface area contributed by atoms with Gasteiger partial charge >= 0.3 is 12.1 Å². The number of benzene rings is 1. The molecule has 1 saturated carbocycles. The molecule has 0 aliphatic heterocycles. The monoisotopic (exact) mass is 353 g/mol. The third-order valence-electron chi connectivity index (χ3n) is 3.80. The molecule has 25 heavy (non-hydrogen) atoms. The molecule has 3 rings (SSSR count). The highest BCUT2D eigenvalue weighted by molar-refractivity contribution is 5.94. The lowest BCUT2D eigenvalue weighted by Gasteiger charge is -2.18.